The van der Waals surface area contributed by atoms with Gasteiger partial charge in [0.05, 0.1) is 76.8 Å². The average Bonchev–Trinajstić information content (AvgIpc) is 1.80. The average molecular weight is 2100 g/mol. The highest BCUT2D eigenvalue weighted by atomic mass is 32.2. The van der Waals surface area contributed by atoms with Gasteiger partial charge in [-0.2, -0.15) is 0 Å². The molecule has 0 aromatic heterocycles. The van der Waals surface area contributed by atoms with Gasteiger partial charge in [0.25, 0.3) is 0 Å². The van der Waals surface area contributed by atoms with E-state index in [1.807, 2.05) is 91.8 Å². The van der Waals surface area contributed by atoms with Gasteiger partial charge in [0, 0.05) is 107 Å². The number of nitrogens with zero attached hydrogens (tertiary/aromatic N) is 4. The molecule has 3 aliphatic heterocycles. The molecule has 1 aliphatic carbocycles. The standard InChI is InChI=1S/C36H54F2N4O8S2.C35H50F2N4O7S.C29H45F2N3O7S/c1-5-9-31(10-6-2)52(48,49)24-33(40-36(45)50-30-13-15-42(16-14-30)51(4,46)47)35(44)41(22-26-12-8-11-25(7-3)17-26)23-34(43)32(39)20-27-18-28(37)21-29(38)19-27;1-4-8-29(9-5-2)49(46,47)22-31(40-35(45)48-21-28-12-13-33(43)39-28)34(44)41(19-24-11-7-10-23(6-3)14-24)20-32(42)30(38)17-25-15-26(36)18-27(37)16-25;1-3-5-24(6-4-2)42(38,39)18-26(33-29(37)41-23-9-11-40-12-10-23)28(36)34(22-7-8-22)17-27(35)25(32)15-19-13-20(30)16-21(31)14-19/h8,11-12,17-19,21,30-34,43H,5-7,9-10,13-16,20,22-24,39H2,1-4H3,(H,40,45);7,10-11,14-16,18,28-32,42H,4-6,8-9,12-13,17,19-22,38H2,1-3H3,(H,39,43)(H,40,45);13-14,16,22-27,35H,3-12,15,17-18,32H2,1-2H3,(H,33,37)/t32-,33?,34+;28-,30+,31?,32-;25-,26?,27+/m010/s1. The van der Waals surface area contributed by atoms with E-state index in [1.54, 1.807) is 12.1 Å². The van der Waals surface area contributed by atoms with E-state index in [0.29, 0.717) is 152 Å². The van der Waals surface area contributed by atoms with Crippen LogP contribution in [0.4, 0.5) is 40.7 Å². The van der Waals surface area contributed by atoms with E-state index in [1.165, 1.54) is 19.0 Å². The number of hydrogen-bond acceptors (Lipinski definition) is 25. The molecular formula is C100H149F6N11O22S4. The highest BCUT2D eigenvalue weighted by Gasteiger charge is 2.44. The maximum absolute atomic E-state index is 14.5. The van der Waals surface area contributed by atoms with Gasteiger partial charge < -0.3 is 87.4 Å². The van der Waals surface area contributed by atoms with Crippen LogP contribution >= 0.6 is 0 Å². The maximum atomic E-state index is 14.5. The van der Waals surface area contributed by atoms with Crippen LogP contribution in [0.5, 0.6) is 0 Å². The first kappa shape index (κ1) is 121. The van der Waals surface area contributed by atoms with Crippen molar-refractivity contribution in [1.82, 2.24) is 40.3 Å². The van der Waals surface area contributed by atoms with Crippen molar-refractivity contribution in [2.45, 2.75) is 324 Å². The minimum Gasteiger partial charge on any atom is -0.447 e. The van der Waals surface area contributed by atoms with Crippen LogP contribution in [-0.2, 0) is 123 Å². The molecule has 43 heteroatoms. The van der Waals surface area contributed by atoms with Gasteiger partial charge in [-0.05, 0) is 178 Å². The van der Waals surface area contributed by atoms with Gasteiger partial charge in [0.2, 0.25) is 33.7 Å². The van der Waals surface area contributed by atoms with Crippen molar-refractivity contribution in [1.29, 1.82) is 0 Å². The Bertz CT molecular complexity index is 5320. The number of benzene rings is 5. The van der Waals surface area contributed by atoms with Crippen LogP contribution in [0.1, 0.15) is 223 Å². The highest BCUT2D eigenvalue weighted by molar-refractivity contribution is 7.92. The molecule has 4 aliphatic rings. The Labute approximate surface area is 838 Å². The zero-order valence-corrected chi connectivity index (χ0v) is 86.7. The molecule has 5 aromatic carbocycles. The second-order valence-corrected chi connectivity index (χ2v) is 46.7. The van der Waals surface area contributed by atoms with Gasteiger partial charge in [-0.15, -0.1) is 0 Å². The van der Waals surface area contributed by atoms with Gasteiger partial charge in [-0.1, -0.05) is 142 Å². The molecule has 3 unspecified atom stereocenters. The molecule has 0 radical (unpaired) electrons. The molecule has 10 atom stereocenters. The highest BCUT2D eigenvalue weighted by Crippen LogP contribution is 2.31. The minimum absolute atomic E-state index is 0.0499. The Morgan fingerprint density at radius 3 is 1.10 bits per heavy atom. The summed E-state index contributed by atoms with van der Waals surface area (Å²) in [6, 6.07) is 15.2. The van der Waals surface area contributed by atoms with Crippen molar-refractivity contribution >= 4 is 81.4 Å². The van der Waals surface area contributed by atoms with Gasteiger partial charge in [-0.25, -0.2) is 78.7 Å². The molecule has 13 N–H and O–H groups in total. The van der Waals surface area contributed by atoms with E-state index in [2.05, 4.69) is 21.3 Å². The Morgan fingerprint density at radius 1 is 0.448 bits per heavy atom. The number of hydrogen-bond donors (Lipinski definition) is 10. The third-order valence-electron chi connectivity index (χ3n) is 25.5. The molecular weight excluding hydrogens is 1950 g/mol. The SMILES string of the molecule is CCCC(CCC)S(=O)(=O)CC(NC(=O)OC1CCN(S(C)(=O)=O)CC1)C(=O)N(Cc1cccc(CC)c1)C[C@@H](O)[C@@H](N)Cc1cc(F)cc(F)c1.CCCC(CCC)S(=O)(=O)CC(NC(=O)OC1CCOCC1)C(=O)N(C[C@@H](O)[C@@H](N)Cc1cc(F)cc(F)c1)C1CC1.CCCC(CCC)S(=O)(=O)CC(NC(=O)OC[C@H]1CCC(=O)N1)C(=O)N(Cc1cccc(CC)c1)C[C@@H](O)[C@@H](N)Cc1cc(F)cc(F)c1. The number of carbonyl (C=O) groups excluding carboxylic acids is 7. The topological polar surface area (TPSA) is 493 Å². The zero-order chi connectivity index (χ0) is 106. The Kier molecular flexibility index (Phi) is 49.8. The number of carbonyl (C=O) groups is 7. The van der Waals surface area contributed by atoms with Crippen molar-refractivity contribution in [2.24, 2.45) is 17.2 Å². The van der Waals surface area contributed by atoms with Gasteiger partial charge in [0.15, 0.2) is 29.5 Å². The molecule has 7 amide bonds. The van der Waals surface area contributed by atoms with Crippen molar-refractivity contribution in [3.63, 3.8) is 0 Å². The van der Waals surface area contributed by atoms with Crippen LogP contribution in [0.2, 0.25) is 0 Å². The number of rotatable bonds is 54. The molecule has 4 fully saturated rings. The summed E-state index contributed by atoms with van der Waals surface area (Å²) in [5.74, 6) is -9.21. The molecule has 33 nitrogen and oxygen atoms in total. The second kappa shape index (κ2) is 59.0. The summed E-state index contributed by atoms with van der Waals surface area (Å²) < 4.78 is 212. The lowest BCUT2D eigenvalue weighted by atomic mass is 10.0. The summed E-state index contributed by atoms with van der Waals surface area (Å²) in [6.45, 7) is 15.0. The fourth-order valence-electron chi connectivity index (χ4n) is 17.7. The third-order valence-corrected chi connectivity index (χ3v) is 33.7. The first-order valence-electron chi connectivity index (χ1n) is 49.7. The van der Waals surface area contributed by atoms with Crippen molar-refractivity contribution in [3.8, 4) is 0 Å². The van der Waals surface area contributed by atoms with Crippen LogP contribution in [0.15, 0.2) is 103 Å². The molecule has 0 bridgehead atoms. The quantitative estimate of drug-likeness (QED) is 0.0128. The molecule has 0 spiro atoms. The Morgan fingerprint density at radius 2 is 0.776 bits per heavy atom. The molecule has 3 saturated heterocycles. The fourth-order valence-corrected chi connectivity index (χ4v) is 25.0. The number of ether oxygens (including phenoxy) is 4. The summed E-state index contributed by atoms with van der Waals surface area (Å²) in [5, 5.41) is 41.3. The normalized spacial score (nSPS) is 17.0. The fraction of sp³-hybridized carbons (Fsp3) is 0.630. The van der Waals surface area contributed by atoms with E-state index in [9.17, 15) is 109 Å². The molecule has 143 heavy (non-hydrogen) atoms. The van der Waals surface area contributed by atoms with Gasteiger partial charge >= 0.3 is 18.3 Å². The van der Waals surface area contributed by atoms with E-state index in [0.717, 1.165) is 65.9 Å². The van der Waals surface area contributed by atoms with Gasteiger partial charge in [-0.3, -0.25) is 19.2 Å². The summed E-state index contributed by atoms with van der Waals surface area (Å²) in [4.78, 5) is 97.3. The van der Waals surface area contributed by atoms with Crippen molar-refractivity contribution in [3.05, 3.63) is 177 Å². The minimum atomic E-state index is -3.95. The lowest BCUT2D eigenvalue weighted by Gasteiger charge is -2.33. The largest absolute Gasteiger partial charge is 0.447 e. The number of nitrogens with two attached hydrogens (primary N) is 3. The molecule has 3 heterocycles. The number of nitrogens with one attached hydrogen (secondary N) is 4. The van der Waals surface area contributed by atoms with Crippen LogP contribution in [0.25, 0.3) is 0 Å². The van der Waals surface area contributed by atoms with Gasteiger partial charge in [0.1, 0.15) is 71.8 Å². The first-order chi connectivity index (χ1) is 67.6. The van der Waals surface area contributed by atoms with Crippen LogP contribution in [0, 0.1) is 34.9 Å². The number of aryl methyl sites for hydroxylation is 2. The number of alkyl carbamates (subject to hydrolysis) is 3. The van der Waals surface area contributed by atoms with E-state index in [4.69, 9.17) is 36.1 Å². The third kappa shape index (κ3) is 41.2. The summed E-state index contributed by atoms with van der Waals surface area (Å²) in [6.07, 6.45) is 3.58. The van der Waals surface area contributed by atoms with E-state index < -0.39 is 223 Å². The van der Waals surface area contributed by atoms with Crippen molar-refractivity contribution in [2.75, 3.05) is 76.1 Å². The Hall–Kier alpha value is -9.15. The molecule has 802 valence electrons. The number of sulfonamides is 1. The number of piperidine rings is 1. The number of aliphatic hydroxyl groups excluding tert-OH is 3. The first-order valence-corrected chi connectivity index (χ1v) is 56.7. The molecule has 1 saturated carbocycles. The summed E-state index contributed by atoms with van der Waals surface area (Å²) in [5.41, 5.74) is 22.7. The van der Waals surface area contributed by atoms with E-state index >= 15 is 0 Å². The number of aliphatic hydroxyl groups is 3. The monoisotopic (exact) mass is 2100 g/mol. The number of halogens is 6. The number of sulfone groups is 3. The summed E-state index contributed by atoms with van der Waals surface area (Å²) >= 11 is 0. The second-order valence-electron chi connectivity index (χ2n) is 37.7. The van der Waals surface area contributed by atoms with Crippen LogP contribution in [-0.4, -0.2) is 281 Å². The smallest absolute Gasteiger partial charge is 0.408 e. The lowest BCUT2D eigenvalue weighted by Crippen LogP contribution is -2.56. The van der Waals surface area contributed by atoms with Crippen LogP contribution in [0.3, 0.4) is 0 Å². The number of amides is 7. The zero-order valence-electron chi connectivity index (χ0n) is 83.4. The van der Waals surface area contributed by atoms with Crippen LogP contribution < -0.4 is 38.5 Å². The predicted octanol–water partition coefficient (Wildman–Crippen LogP) is 10.1. The van der Waals surface area contributed by atoms with Crippen molar-refractivity contribution < 1.29 is 128 Å². The predicted molar refractivity (Wildman–Crippen MR) is 531 cm³/mol. The summed E-state index contributed by atoms with van der Waals surface area (Å²) in [7, 11) is -15.1. The molecule has 9 rings (SSSR count). The molecule has 5 aromatic rings. The Balaban J connectivity index is 0.000000293. The maximum Gasteiger partial charge on any atom is 0.408 e. The van der Waals surface area contributed by atoms with E-state index in [-0.39, 0.29) is 113 Å². The lowest BCUT2D eigenvalue weighted by molar-refractivity contribution is -0.135.